The smallest absolute Gasteiger partial charge is 0.163 e. The van der Waals surface area contributed by atoms with Gasteiger partial charge in [0.15, 0.2) is 5.78 Å². The van der Waals surface area contributed by atoms with E-state index in [0.717, 1.165) is 5.56 Å². The highest BCUT2D eigenvalue weighted by atomic mass is 19.1. The number of ether oxygens (including phenoxy) is 1. The lowest BCUT2D eigenvalue weighted by molar-refractivity contribution is 0.0994. The van der Waals surface area contributed by atoms with Gasteiger partial charge in [0.05, 0.1) is 0 Å². The molecular formula is C18H17FO3. The Hall–Kier alpha value is -2.20. The minimum atomic E-state index is -0.839. The third-order valence-corrected chi connectivity index (χ3v) is 4.02. The number of hydrogen-bond acceptors (Lipinski definition) is 3. The van der Waals surface area contributed by atoms with Crippen molar-refractivity contribution in [2.75, 3.05) is 6.61 Å². The first-order valence-electron chi connectivity index (χ1n) is 7.28. The average Bonchev–Trinajstić information content (AvgIpc) is 2.87. The summed E-state index contributed by atoms with van der Waals surface area (Å²) in [5.74, 6) is 0.450. The lowest BCUT2D eigenvalue weighted by atomic mass is 10.0. The third kappa shape index (κ3) is 2.74. The van der Waals surface area contributed by atoms with Crippen LogP contribution in [0.2, 0.25) is 0 Å². The molecule has 0 aromatic heterocycles. The molecule has 0 saturated heterocycles. The Morgan fingerprint density at radius 1 is 1.27 bits per heavy atom. The minimum Gasteiger partial charge on any atom is -0.490 e. The molecule has 4 heteroatoms. The standard InChI is InChI=1S/C18H17FO3/c1-11-9-12(19)5-6-13(11)17(21)10-22-18-4-2-3-14-15(18)7-8-16(14)20/h2-6,9,17,21H,7-8,10H2,1H3. The number of aryl methyl sites for hydroxylation is 1. The number of ketones is 1. The van der Waals surface area contributed by atoms with Crippen molar-refractivity contribution in [3.05, 3.63) is 64.5 Å². The molecule has 1 aliphatic carbocycles. The van der Waals surface area contributed by atoms with E-state index in [-0.39, 0.29) is 18.2 Å². The molecular weight excluding hydrogens is 283 g/mol. The van der Waals surface area contributed by atoms with Gasteiger partial charge in [0, 0.05) is 17.5 Å². The van der Waals surface area contributed by atoms with Crippen LogP contribution in [0.1, 0.15) is 39.6 Å². The van der Waals surface area contributed by atoms with Crippen LogP contribution in [0, 0.1) is 12.7 Å². The van der Waals surface area contributed by atoms with E-state index >= 15 is 0 Å². The quantitative estimate of drug-likeness (QED) is 0.941. The number of rotatable bonds is 4. The zero-order chi connectivity index (χ0) is 15.7. The fraction of sp³-hybridized carbons (Fsp3) is 0.278. The Morgan fingerprint density at radius 2 is 2.09 bits per heavy atom. The normalized spacial score (nSPS) is 14.8. The van der Waals surface area contributed by atoms with Crippen molar-refractivity contribution >= 4 is 5.78 Å². The summed E-state index contributed by atoms with van der Waals surface area (Å²) >= 11 is 0. The van der Waals surface area contributed by atoms with Gasteiger partial charge in [-0.3, -0.25) is 4.79 Å². The lowest BCUT2D eigenvalue weighted by Gasteiger charge is -2.16. The highest BCUT2D eigenvalue weighted by Gasteiger charge is 2.23. The molecule has 3 rings (SSSR count). The van der Waals surface area contributed by atoms with Crippen molar-refractivity contribution in [3.63, 3.8) is 0 Å². The summed E-state index contributed by atoms with van der Waals surface area (Å²) < 4.78 is 18.8. The van der Waals surface area contributed by atoms with Gasteiger partial charge in [0.1, 0.15) is 24.3 Å². The Balaban J connectivity index is 1.74. The summed E-state index contributed by atoms with van der Waals surface area (Å²) in [6.45, 7) is 1.82. The fourth-order valence-electron chi connectivity index (χ4n) is 2.86. The van der Waals surface area contributed by atoms with E-state index < -0.39 is 6.10 Å². The van der Waals surface area contributed by atoms with E-state index in [1.54, 1.807) is 25.1 Å². The van der Waals surface area contributed by atoms with Gasteiger partial charge in [0.25, 0.3) is 0 Å². The molecule has 0 amide bonds. The third-order valence-electron chi connectivity index (χ3n) is 4.02. The van der Waals surface area contributed by atoms with Crippen LogP contribution in [0.25, 0.3) is 0 Å². The molecule has 0 aliphatic heterocycles. The molecule has 0 spiro atoms. The Bertz CT molecular complexity index is 724. The number of aliphatic hydroxyl groups excluding tert-OH is 1. The van der Waals surface area contributed by atoms with Crippen LogP contribution in [0.3, 0.4) is 0 Å². The number of halogens is 1. The van der Waals surface area contributed by atoms with Crippen LogP contribution in [-0.4, -0.2) is 17.5 Å². The molecule has 1 aliphatic rings. The van der Waals surface area contributed by atoms with Gasteiger partial charge in [-0.1, -0.05) is 18.2 Å². The first kappa shape index (κ1) is 14.7. The number of hydrogen-bond donors (Lipinski definition) is 1. The van der Waals surface area contributed by atoms with E-state index in [1.165, 1.54) is 12.1 Å². The molecule has 2 aromatic carbocycles. The SMILES string of the molecule is Cc1cc(F)ccc1C(O)COc1cccc2c1CCC2=O. The van der Waals surface area contributed by atoms with Gasteiger partial charge in [-0.2, -0.15) is 0 Å². The van der Waals surface area contributed by atoms with Crippen LogP contribution >= 0.6 is 0 Å². The molecule has 114 valence electrons. The van der Waals surface area contributed by atoms with Crippen molar-refractivity contribution < 1.29 is 19.0 Å². The number of carbonyl (C=O) groups is 1. The van der Waals surface area contributed by atoms with Crippen LogP contribution in [0.4, 0.5) is 4.39 Å². The van der Waals surface area contributed by atoms with E-state index in [1.807, 2.05) is 6.07 Å². The summed E-state index contributed by atoms with van der Waals surface area (Å²) in [6, 6.07) is 9.67. The van der Waals surface area contributed by atoms with Crippen LogP contribution in [0.15, 0.2) is 36.4 Å². The van der Waals surface area contributed by atoms with Gasteiger partial charge in [-0.05, 0) is 42.7 Å². The van der Waals surface area contributed by atoms with Gasteiger partial charge < -0.3 is 9.84 Å². The van der Waals surface area contributed by atoms with Gasteiger partial charge in [-0.25, -0.2) is 4.39 Å². The molecule has 2 aromatic rings. The average molecular weight is 300 g/mol. The maximum atomic E-state index is 13.1. The Labute approximate surface area is 128 Å². The highest BCUT2D eigenvalue weighted by Crippen LogP contribution is 2.31. The number of benzene rings is 2. The number of Topliss-reactive ketones (excluding diaryl/α,β-unsaturated/α-hetero) is 1. The predicted molar refractivity (Wildman–Crippen MR) is 80.7 cm³/mol. The first-order valence-corrected chi connectivity index (χ1v) is 7.28. The molecule has 0 bridgehead atoms. The summed E-state index contributed by atoms with van der Waals surface area (Å²) in [4.78, 5) is 11.7. The van der Waals surface area contributed by atoms with Crippen LogP contribution in [-0.2, 0) is 6.42 Å². The topological polar surface area (TPSA) is 46.5 Å². The van der Waals surface area contributed by atoms with Crippen molar-refractivity contribution in [3.8, 4) is 5.75 Å². The van der Waals surface area contributed by atoms with E-state index in [4.69, 9.17) is 4.74 Å². The molecule has 1 atom stereocenters. The maximum Gasteiger partial charge on any atom is 0.163 e. The largest absolute Gasteiger partial charge is 0.490 e. The number of aliphatic hydroxyl groups is 1. The molecule has 0 radical (unpaired) electrons. The molecule has 0 heterocycles. The maximum absolute atomic E-state index is 13.1. The minimum absolute atomic E-state index is 0.0666. The van der Waals surface area contributed by atoms with E-state index in [2.05, 4.69) is 0 Å². The Morgan fingerprint density at radius 3 is 2.86 bits per heavy atom. The van der Waals surface area contributed by atoms with Gasteiger partial charge >= 0.3 is 0 Å². The zero-order valence-corrected chi connectivity index (χ0v) is 12.3. The first-order chi connectivity index (χ1) is 10.6. The number of carbonyl (C=O) groups excluding carboxylic acids is 1. The molecule has 22 heavy (non-hydrogen) atoms. The Kier molecular flexibility index (Phi) is 3.94. The predicted octanol–water partition coefficient (Wildman–Crippen LogP) is 3.38. The van der Waals surface area contributed by atoms with E-state index in [0.29, 0.717) is 35.3 Å². The molecule has 0 fully saturated rings. The van der Waals surface area contributed by atoms with Crippen LogP contribution in [0.5, 0.6) is 5.75 Å². The molecule has 0 saturated carbocycles. The molecule has 1 unspecified atom stereocenters. The number of fused-ring (bicyclic) bond motifs is 1. The van der Waals surface area contributed by atoms with Gasteiger partial charge in [-0.15, -0.1) is 0 Å². The molecule has 3 nitrogen and oxygen atoms in total. The summed E-state index contributed by atoms with van der Waals surface area (Å²) in [7, 11) is 0. The second-order valence-electron chi connectivity index (χ2n) is 5.53. The summed E-state index contributed by atoms with van der Waals surface area (Å²) in [5, 5.41) is 10.2. The van der Waals surface area contributed by atoms with Crippen molar-refractivity contribution in [2.24, 2.45) is 0 Å². The van der Waals surface area contributed by atoms with Crippen molar-refractivity contribution in [2.45, 2.75) is 25.9 Å². The lowest BCUT2D eigenvalue weighted by Crippen LogP contribution is -2.12. The van der Waals surface area contributed by atoms with Crippen molar-refractivity contribution in [1.29, 1.82) is 0 Å². The summed E-state index contributed by atoms with van der Waals surface area (Å²) in [6.07, 6.45) is 0.347. The van der Waals surface area contributed by atoms with Crippen LogP contribution < -0.4 is 4.74 Å². The summed E-state index contributed by atoms with van der Waals surface area (Å²) in [5.41, 5.74) is 2.95. The monoisotopic (exact) mass is 300 g/mol. The van der Waals surface area contributed by atoms with E-state index in [9.17, 15) is 14.3 Å². The van der Waals surface area contributed by atoms with Crippen molar-refractivity contribution in [1.82, 2.24) is 0 Å². The highest BCUT2D eigenvalue weighted by molar-refractivity contribution is 6.01. The second kappa shape index (κ2) is 5.89. The zero-order valence-electron chi connectivity index (χ0n) is 12.3. The molecule has 1 N–H and O–H groups in total. The fourth-order valence-corrected chi connectivity index (χ4v) is 2.86. The second-order valence-corrected chi connectivity index (χ2v) is 5.53. The van der Waals surface area contributed by atoms with Gasteiger partial charge in [0.2, 0.25) is 0 Å².